The molecule has 10 nitrogen and oxygen atoms in total. The van der Waals surface area contributed by atoms with Gasteiger partial charge in [0.25, 0.3) is 15.9 Å². The molecule has 0 atom stereocenters. The first-order valence-corrected chi connectivity index (χ1v) is 11.4. The zero-order valence-corrected chi connectivity index (χ0v) is 19.7. The predicted octanol–water partition coefficient (Wildman–Crippen LogP) is 2.45. The average Bonchev–Trinajstić information content (AvgIpc) is 2.87. The summed E-state index contributed by atoms with van der Waals surface area (Å²) in [6.45, 7) is -0.517. The number of ether oxygens (including phenoxy) is 3. The highest BCUT2D eigenvalue weighted by Crippen LogP contribution is 2.32. The number of nitrogens with one attached hydrogen (secondary N) is 1. The Morgan fingerprint density at radius 1 is 0.971 bits per heavy atom. The molecule has 2 aromatic carbocycles. The van der Waals surface area contributed by atoms with Gasteiger partial charge in [-0.05, 0) is 54.1 Å². The lowest BCUT2D eigenvalue weighted by Gasteiger charge is -2.24. The first-order chi connectivity index (χ1) is 16.4. The number of sulfonamides is 1. The lowest BCUT2D eigenvalue weighted by molar-refractivity contribution is -0.119. The van der Waals surface area contributed by atoms with E-state index >= 15 is 0 Å². The van der Waals surface area contributed by atoms with Crippen molar-refractivity contribution in [3.05, 3.63) is 72.6 Å². The van der Waals surface area contributed by atoms with Gasteiger partial charge in [0.2, 0.25) is 0 Å². The molecule has 0 saturated heterocycles. The fourth-order valence-electron chi connectivity index (χ4n) is 2.96. The zero-order valence-electron chi connectivity index (χ0n) is 18.8. The Morgan fingerprint density at radius 3 is 2.26 bits per heavy atom. The van der Waals surface area contributed by atoms with E-state index in [0.29, 0.717) is 11.5 Å². The quantitative estimate of drug-likeness (QED) is 0.347. The van der Waals surface area contributed by atoms with Gasteiger partial charge in [0.05, 0.1) is 38.1 Å². The van der Waals surface area contributed by atoms with Crippen molar-refractivity contribution >= 4 is 27.8 Å². The van der Waals surface area contributed by atoms with Crippen LogP contribution in [0.3, 0.4) is 0 Å². The monoisotopic (exact) mass is 484 g/mol. The molecule has 178 valence electrons. The van der Waals surface area contributed by atoms with Crippen molar-refractivity contribution < 1.29 is 27.4 Å². The molecule has 1 N–H and O–H groups in total. The van der Waals surface area contributed by atoms with E-state index in [1.807, 2.05) is 0 Å². The van der Waals surface area contributed by atoms with Crippen molar-refractivity contribution in [2.75, 3.05) is 32.2 Å². The topological polar surface area (TPSA) is 119 Å². The van der Waals surface area contributed by atoms with E-state index in [9.17, 15) is 13.2 Å². The third-order valence-electron chi connectivity index (χ3n) is 4.70. The number of hydrogen-bond acceptors (Lipinski definition) is 8. The molecule has 0 aliphatic rings. The minimum Gasteiger partial charge on any atom is -0.497 e. The van der Waals surface area contributed by atoms with Crippen LogP contribution in [-0.4, -0.2) is 53.4 Å². The van der Waals surface area contributed by atoms with Gasteiger partial charge in [-0.2, -0.15) is 5.10 Å². The molecule has 1 heterocycles. The summed E-state index contributed by atoms with van der Waals surface area (Å²) in [6, 6.07) is 13.9. The van der Waals surface area contributed by atoms with Crippen LogP contribution in [0.1, 0.15) is 5.56 Å². The number of carbonyl (C=O) groups excluding carboxylic acids is 1. The van der Waals surface area contributed by atoms with Crippen LogP contribution in [0.15, 0.2) is 77.0 Å². The lowest BCUT2D eigenvalue weighted by Crippen LogP contribution is -2.39. The van der Waals surface area contributed by atoms with Gasteiger partial charge in [0.15, 0.2) is 11.5 Å². The van der Waals surface area contributed by atoms with E-state index in [1.54, 1.807) is 48.8 Å². The average molecular weight is 485 g/mol. The Kier molecular flexibility index (Phi) is 8.04. The minimum atomic E-state index is -4.17. The molecular weight excluding hydrogens is 460 g/mol. The fraction of sp³-hybridized carbons (Fsp3) is 0.174. The van der Waals surface area contributed by atoms with E-state index in [-0.39, 0.29) is 16.3 Å². The molecule has 1 aromatic heterocycles. The number of benzene rings is 2. The van der Waals surface area contributed by atoms with Crippen molar-refractivity contribution in [1.82, 2.24) is 10.4 Å². The molecule has 11 heteroatoms. The van der Waals surface area contributed by atoms with Crippen molar-refractivity contribution in [3.8, 4) is 17.2 Å². The molecule has 0 bridgehead atoms. The molecule has 0 aliphatic heterocycles. The summed E-state index contributed by atoms with van der Waals surface area (Å²) in [5.74, 6) is 0.522. The highest BCUT2D eigenvalue weighted by atomic mass is 32.2. The number of pyridine rings is 1. The standard InChI is InChI=1S/C23H24N4O6S/c1-31-19-6-4-18(5-7-19)27(16-23(28)26-25-15-17-10-12-24-13-11-17)34(29,30)20-8-9-21(32-2)22(14-20)33-3/h4-15H,16H2,1-3H3,(H,26,28)/b25-15-. The lowest BCUT2D eigenvalue weighted by atomic mass is 10.3. The predicted molar refractivity (Wildman–Crippen MR) is 127 cm³/mol. The number of carbonyl (C=O) groups is 1. The largest absolute Gasteiger partial charge is 0.497 e. The normalized spacial score (nSPS) is 11.1. The van der Waals surface area contributed by atoms with Crippen LogP contribution in [0.2, 0.25) is 0 Å². The maximum Gasteiger partial charge on any atom is 0.264 e. The van der Waals surface area contributed by atoms with Crippen LogP contribution in [0.25, 0.3) is 0 Å². The Balaban J connectivity index is 1.91. The number of nitrogens with zero attached hydrogens (tertiary/aromatic N) is 3. The summed E-state index contributed by atoms with van der Waals surface area (Å²) in [5, 5.41) is 3.89. The second kappa shape index (κ2) is 11.1. The Morgan fingerprint density at radius 2 is 1.65 bits per heavy atom. The Labute approximate surface area is 197 Å². The highest BCUT2D eigenvalue weighted by Gasteiger charge is 2.28. The van der Waals surface area contributed by atoms with Crippen LogP contribution in [0.5, 0.6) is 17.2 Å². The van der Waals surface area contributed by atoms with E-state index in [1.165, 1.54) is 45.7 Å². The fourth-order valence-corrected chi connectivity index (χ4v) is 4.40. The molecule has 3 rings (SSSR count). The first kappa shape index (κ1) is 24.5. The Bertz CT molecular complexity index is 1250. The van der Waals surface area contributed by atoms with Gasteiger partial charge in [0.1, 0.15) is 12.3 Å². The van der Waals surface area contributed by atoms with Crippen molar-refractivity contribution in [3.63, 3.8) is 0 Å². The number of anilines is 1. The summed E-state index contributed by atoms with van der Waals surface area (Å²) in [4.78, 5) is 16.5. The number of methoxy groups -OCH3 is 3. The first-order valence-electron chi connectivity index (χ1n) is 9.99. The maximum atomic E-state index is 13.6. The second-order valence-corrected chi connectivity index (χ2v) is 8.66. The van der Waals surface area contributed by atoms with Crippen LogP contribution in [0, 0.1) is 0 Å². The second-order valence-electron chi connectivity index (χ2n) is 6.80. The molecule has 0 fully saturated rings. The molecule has 34 heavy (non-hydrogen) atoms. The van der Waals surface area contributed by atoms with Gasteiger partial charge in [-0.1, -0.05) is 0 Å². The summed E-state index contributed by atoms with van der Waals surface area (Å²) < 4.78 is 43.7. The highest BCUT2D eigenvalue weighted by molar-refractivity contribution is 7.92. The van der Waals surface area contributed by atoms with Gasteiger partial charge in [-0.3, -0.25) is 14.1 Å². The van der Waals surface area contributed by atoms with Crippen LogP contribution < -0.4 is 23.9 Å². The van der Waals surface area contributed by atoms with Crippen molar-refractivity contribution in [2.24, 2.45) is 5.10 Å². The van der Waals surface area contributed by atoms with E-state index < -0.39 is 22.5 Å². The number of aromatic nitrogens is 1. The summed E-state index contributed by atoms with van der Waals surface area (Å²) in [5.41, 5.74) is 3.34. The number of amides is 1. The summed E-state index contributed by atoms with van der Waals surface area (Å²) in [6.07, 6.45) is 4.61. The van der Waals surface area contributed by atoms with Gasteiger partial charge in [-0.25, -0.2) is 13.8 Å². The van der Waals surface area contributed by atoms with Crippen molar-refractivity contribution in [1.29, 1.82) is 0 Å². The smallest absolute Gasteiger partial charge is 0.264 e. The van der Waals surface area contributed by atoms with E-state index in [4.69, 9.17) is 14.2 Å². The summed E-state index contributed by atoms with van der Waals surface area (Å²) >= 11 is 0. The molecule has 1 amide bonds. The Hall–Kier alpha value is -4.12. The molecule has 0 radical (unpaired) electrons. The van der Waals surface area contributed by atoms with E-state index in [0.717, 1.165) is 9.87 Å². The number of hydrazone groups is 1. The van der Waals surface area contributed by atoms with E-state index in [2.05, 4.69) is 15.5 Å². The molecule has 0 unspecified atom stereocenters. The SMILES string of the molecule is COc1ccc(N(CC(=O)N/N=C\c2ccncc2)S(=O)(=O)c2ccc(OC)c(OC)c2)cc1. The molecule has 0 saturated carbocycles. The van der Waals surface area contributed by atoms with Crippen LogP contribution in [0.4, 0.5) is 5.69 Å². The third-order valence-corrected chi connectivity index (χ3v) is 6.47. The number of rotatable bonds is 10. The minimum absolute atomic E-state index is 0.0749. The van der Waals surface area contributed by atoms with Gasteiger partial charge in [-0.15, -0.1) is 0 Å². The molecular formula is C23H24N4O6S. The van der Waals surface area contributed by atoms with Crippen molar-refractivity contribution in [2.45, 2.75) is 4.90 Å². The molecule has 0 spiro atoms. The molecule has 0 aliphatic carbocycles. The van der Waals surface area contributed by atoms with Gasteiger partial charge >= 0.3 is 0 Å². The summed E-state index contributed by atoms with van der Waals surface area (Å²) in [7, 11) is 0.191. The zero-order chi connectivity index (χ0) is 24.6. The van der Waals surface area contributed by atoms with Gasteiger partial charge < -0.3 is 14.2 Å². The van der Waals surface area contributed by atoms with Gasteiger partial charge in [0, 0.05) is 18.5 Å². The molecule has 3 aromatic rings. The van der Waals surface area contributed by atoms with Crippen LogP contribution in [-0.2, 0) is 14.8 Å². The third kappa shape index (κ3) is 5.81. The number of hydrogen-bond donors (Lipinski definition) is 1. The maximum absolute atomic E-state index is 13.6. The van der Waals surface area contributed by atoms with Crippen LogP contribution >= 0.6 is 0 Å².